The number of halogens is 2. The van der Waals surface area contributed by atoms with E-state index < -0.39 is 0 Å². The van der Waals surface area contributed by atoms with E-state index >= 15 is 0 Å². The van der Waals surface area contributed by atoms with Gasteiger partial charge < -0.3 is 4.74 Å². The molecule has 23 heavy (non-hydrogen) atoms. The van der Waals surface area contributed by atoms with Crippen molar-refractivity contribution in [1.29, 1.82) is 0 Å². The fourth-order valence-corrected chi connectivity index (χ4v) is 2.49. The number of carbonyl (C=O) groups is 1. The van der Waals surface area contributed by atoms with Crippen LogP contribution in [0.5, 0.6) is 5.75 Å². The molecule has 116 valence electrons. The Morgan fingerprint density at radius 2 is 2.09 bits per heavy atom. The largest absolute Gasteiger partial charge is 0.480 e. The van der Waals surface area contributed by atoms with Gasteiger partial charge in [0.25, 0.3) is 5.91 Å². The lowest BCUT2D eigenvalue weighted by molar-refractivity contribution is 0.0955. The Kier molecular flexibility index (Phi) is 6.44. The van der Waals surface area contributed by atoms with Gasteiger partial charge in [0.15, 0.2) is 0 Å². The highest BCUT2D eigenvalue weighted by atomic mass is 127. The summed E-state index contributed by atoms with van der Waals surface area (Å²) in [6.07, 6.45) is 6.72. The molecule has 0 spiro atoms. The SMILES string of the molecule is C#CCOc1ccc(/C=N\NC(=O)c2ccc(Cl)cc2)cc1I. The van der Waals surface area contributed by atoms with Gasteiger partial charge in [-0.3, -0.25) is 4.79 Å². The maximum absolute atomic E-state index is 11.9. The Balaban J connectivity index is 1.97. The predicted octanol–water partition coefficient (Wildman–Crippen LogP) is 3.72. The van der Waals surface area contributed by atoms with Crippen LogP contribution < -0.4 is 10.2 Å². The van der Waals surface area contributed by atoms with Gasteiger partial charge >= 0.3 is 0 Å². The zero-order valence-electron chi connectivity index (χ0n) is 11.9. The first-order valence-corrected chi connectivity index (χ1v) is 8.00. The summed E-state index contributed by atoms with van der Waals surface area (Å²) in [4.78, 5) is 11.9. The van der Waals surface area contributed by atoms with E-state index in [1.54, 1.807) is 30.5 Å². The van der Waals surface area contributed by atoms with Crippen molar-refractivity contribution in [3.8, 4) is 18.1 Å². The molecule has 0 saturated heterocycles. The van der Waals surface area contributed by atoms with Crippen molar-refractivity contribution in [1.82, 2.24) is 5.43 Å². The van der Waals surface area contributed by atoms with Gasteiger partial charge in [-0.2, -0.15) is 5.10 Å². The van der Waals surface area contributed by atoms with Crippen molar-refractivity contribution in [3.05, 3.63) is 62.2 Å². The van der Waals surface area contributed by atoms with Crippen molar-refractivity contribution < 1.29 is 9.53 Å². The van der Waals surface area contributed by atoms with Crippen molar-refractivity contribution in [2.45, 2.75) is 0 Å². The van der Waals surface area contributed by atoms with Crippen LogP contribution in [0, 0.1) is 15.9 Å². The second kappa shape index (κ2) is 8.56. The van der Waals surface area contributed by atoms with Gasteiger partial charge in [0, 0.05) is 10.6 Å². The number of nitrogens with one attached hydrogen (secondary N) is 1. The molecule has 0 unspecified atom stereocenters. The molecule has 0 aliphatic heterocycles. The van der Waals surface area contributed by atoms with Crippen molar-refractivity contribution in [3.63, 3.8) is 0 Å². The third-order valence-electron chi connectivity index (χ3n) is 2.75. The van der Waals surface area contributed by atoms with E-state index in [2.05, 4.69) is 39.0 Å². The Bertz CT molecular complexity index is 767. The van der Waals surface area contributed by atoms with Crippen LogP contribution in [-0.4, -0.2) is 18.7 Å². The van der Waals surface area contributed by atoms with Gasteiger partial charge in [-0.05, 0) is 70.6 Å². The number of ether oxygens (including phenoxy) is 1. The van der Waals surface area contributed by atoms with Crippen LogP contribution in [0.4, 0.5) is 0 Å². The Morgan fingerprint density at radius 3 is 2.74 bits per heavy atom. The number of terminal acetylenes is 1. The van der Waals surface area contributed by atoms with E-state index in [0.29, 0.717) is 16.3 Å². The van der Waals surface area contributed by atoms with Gasteiger partial charge in [-0.25, -0.2) is 5.43 Å². The highest BCUT2D eigenvalue weighted by Gasteiger charge is 2.04. The molecule has 0 atom stereocenters. The Hall–Kier alpha value is -2.04. The maximum atomic E-state index is 11.9. The monoisotopic (exact) mass is 438 g/mol. The molecule has 2 aromatic carbocycles. The summed E-state index contributed by atoms with van der Waals surface area (Å²) in [7, 11) is 0. The van der Waals surface area contributed by atoms with E-state index in [4.69, 9.17) is 22.8 Å². The van der Waals surface area contributed by atoms with Crippen molar-refractivity contribution in [2.24, 2.45) is 5.10 Å². The molecule has 0 radical (unpaired) electrons. The number of hydrazone groups is 1. The summed E-state index contributed by atoms with van der Waals surface area (Å²) in [6.45, 7) is 0.223. The first-order valence-electron chi connectivity index (χ1n) is 6.55. The number of carbonyl (C=O) groups excluding carboxylic acids is 1. The summed E-state index contributed by atoms with van der Waals surface area (Å²) >= 11 is 7.92. The topological polar surface area (TPSA) is 50.7 Å². The van der Waals surface area contributed by atoms with Gasteiger partial charge in [-0.15, -0.1) is 6.42 Å². The summed E-state index contributed by atoms with van der Waals surface area (Å²) in [5.74, 6) is 2.83. The zero-order valence-corrected chi connectivity index (χ0v) is 14.8. The third kappa shape index (κ3) is 5.27. The second-order valence-corrected chi connectivity index (χ2v) is 5.99. The Morgan fingerprint density at radius 1 is 1.35 bits per heavy atom. The average Bonchev–Trinajstić information content (AvgIpc) is 2.54. The minimum absolute atomic E-state index is 0.223. The quantitative estimate of drug-likeness (QED) is 0.335. The van der Waals surface area contributed by atoms with E-state index in [1.807, 2.05) is 18.2 Å². The average molecular weight is 439 g/mol. The minimum Gasteiger partial charge on any atom is -0.480 e. The number of hydrogen-bond acceptors (Lipinski definition) is 3. The van der Waals surface area contributed by atoms with Crippen LogP contribution in [0.2, 0.25) is 5.02 Å². The Labute approximate surface area is 153 Å². The second-order valence-electron chi connectivity index (χ2n) is 4.39. The molecule has 6 heteroatoms. The normalized spacial score (nSPS) is 10.3. The molecule has 0 heterocycles. The highest BCUT2D eigenvalue weighted by molar-refractivity contribution is 14.1. The number of amides is 1. The standard InChI is InChI=1S/C17H12ClIN2O2/c1-2-9-23-16-8-3-12(10-15(16)19)11-20-21-17(22)13-4-6-14(18)7-5-13/h1,3-8,10-11H,9H2,(H,21,22)/b20-11-. The van der Waals surface area contributed by atoms with Crippen LogP contribution in [0.1, 0.15) is 15.9 Å². The first kappa shape index (κ1) is 17.3. The van der Waals surface area contributed by atoms with Crippen LogP contribution in [-0.2, 0) is 0 Å². The molecule has 0 fully saturated rings. The molecule has 4 nitrogen and oxygen atoms in total. The maximum Gasteiger partial charge on any atom is 0.271 e. The van der Waals surface area contributed by atoms with Crippen LogP contribution in [0.15, 0.2) is 47.6 Å². The number of rotatable bonds is 5. The van der Waals surface area contributed by atoms with Crippen molar-refractivity contribution >= 4 is 46.3 Å². The minimum atomic E-state index is -0.304. The summed E-state index contributed by atoms with van der Waals surface area (Å²) in [5.41, 5.74) is 3.78. The fraction of sp³-hybridized carbons (Fsp3) is 0.0588. The molecule has 0 aliphatic rings. The van der Waals surface area contributed by atoms with Crippen LogP contribution in [0.3, 0.4) is 0 Å². The first-order chi connectivity index (χ1) is 11.1. The fourth-order valence-electron chi connectivity index (χ4n) is 1.67. The van der Waals surface area contributed by atoms with Gasteiger partial charge in [0.2, 0.25) is 0 Å². The summed E-state index contributed by atoms with van der Waals surface area (Å²) in [5, 5.41) is 4.51. The van der Waals surface area contributed by atoms with Crippen LogP contribution >= 0.6 is 34.2 Å². The number of nitrogens with zero attached hydrogens (tertiary/aromatic N) is 1. The molecule has 0 aromatic heterocycles. The highest BCUT2D eigenvalue weighted by Crippen LogP contribution is 2.21. The molecule has 0 bridgehead atoms. The van der Waals surface area contributed by atoms with Gasteiger partial charge in [0.1, 0.15) is 12.4 Å². The smallest absolute Gasteiger partial charge is 0.271 e. The van der Waals surface area contributed by atoms with Gasteiger partial charge in [-0.1, -0.05) is 17.5 Å². The van der Waals surface area contributed by atoms with E-state index in [9.17, 15) is 4.79 Å². The molecule has 2 rings (SSSR count). The lowest BCUT2D eigenvalue weighted by Crippen LogP contribution is -2.17. The zero-order chi connectivity index (χ0) is 16.7. The molecular weight excluding hydrogens is 427 g/mol. The lowest BCUT2D eigenvalue weighted by Gasteiger charge is -2.05. The van der Waals surface area contributed by atoms with E-state index in [1.165, 1.54) is 0 Å². The van der Waals surface area contributed by atoms with Gasteiger partial charge in [0.05, 0.1) is 9.78 Å². The lowest BCUT2D eigenvalue weighted by atomic mass is 10.2. The predicted molar refractivity (Wildman–Crippen MR) is 100.0 cm³/mol. The molecule has 2 aromatic rings. The molecule has 1 amide bonds. The number of benzene rings is 2. The summed E-state index contributed by atoms with van der Waals surface area (Å²) in [6, 6.07) is 12.1. The molecule has 0 saturated carbocycles. The summed E-state index contributed by atoms with van der Waals surface area (Å²) < 4.78 is 6.29. The van der Waals surface area contributed by atoms with E-state index in [-0.39, 0.29) is 12.5 Å². The third-order valence-corrected chi connectivity index (χ3v) is 3.85. The number of hydrogen-bond donors (Lipinski definition) is 1. The van der Waals surface area contributed by atoms with Crippen molar-refractivity contribution in [2.75, 3.05) is 6.61 Å². The molecule has 0 aliphatic carbocycles. The molecular formula is C17H12ClIN2O2. The molecule has 1 N–H and O–H groups in total. The van der Waals surface area contributed by atoms with Crippen LogP contribution in [0.25, 0.3) is 0 Å². The van der Waals surface area contributed by atoms with E-state index in [0.717, 1.165) is 9.13 Å².